The number of nitrogens with one attached hydrogen (secondary N) is 2. The molecule has 8 rings (SSSR count). The third kappa shape index (κ3) is 11.4. The molecular weight excluding hydrogens is 833 g/mol. The van der Waals surface area contributed by atoms with Gasteiger partial charge in [0.25, 0.3) is 23.6 Å². The summed E-state index contributed by atoms with van der Waals surface area (Å²) in [5.74, 6) is -0.577. The molecule has 4 amide bonds. The van der Waals surface area contributed by atoms with Crippen LogP contribution in [-0.4, -0.2) is 141 Å². The number of aliphatic carboxylic acids is 1. The number of terminal acetylenes is 1. The highest BCUT2D eigenvalue weighted by Crippen LogP contribution is 2.30. The van der Waals surface area contributed by atoms with Crippen molar-refractivity contribution in [2.75, 3.05) is 58.9 Å². The van der Waals surface area contributed by atoms with Gasteiger partial charge in [0.1, 0.15) is 28.8 Å². The first-order valence-corrected chi connectivity index (χ1v) is 24.3. The summed E-state index contributed by atoms with van der Waals surface area (Å²) in [6.07, 6.45) is 21.9. The summed E-state index contributed by atoms with van der Waals surface area (Å²) < 4.78 is 0. The van der Waals surface area contributed by atoms with Gasteiger partial charge in [-0.05, 0) is 155 Å². The lowest BCUT2D eigenvalue weighted by Crippen LogP contribution is -2.47. The number of aromatic nitrogens is 2. The van der Waals surface area contributed by atoms with Crippen molar-refractivity contribution in [2.45, 2.75) is 108 Å². The normalized spacial score (nSPS) is 21.6. The number of benzene rings is 1. The summed E-state index contributed by atoms with van der Waals surface area (Å²) in [4.78, 5) is 88.1. The monoisotopic (exact) mass is 896 g/mol. The molecule has 0 radical (unpaired) electrons. The molecule has 1 saturated carbocycles. The fraction of sp³-hybridized carbons (Fsp3) is 0.519. The molecule has 6 heterocycles. The summed E-state index contributed by atoms with van der Waals surface area (Å²) in [5, 5.41) is 17.9. The predicted octanol–water partition coefficient (Wildman–Crippen LogP) is 4.32. The molecule has 1 aliphatic carbocycles. The zero-order valence-corrected chi connectivity index (χ0v) is 38.1. The second-order valence-corrected chi connectivity index (χ2v) is 18.7. The second kappa shape index (κ2) is 22.1. The smallest absolute Gasteiger partial charge is 0.326 e. The third-order valence-corrected chi connectivity index (χ3v) is 14.2. The first-order chi connectivity index (χ1) is 32.1. The number of carboxylic acids is 1. The van der Waals surface area contributed by atoms with E-state index in [1.165, 1.54) is 6.07 Å². The Kier molecular flexibility index (Phi) is 15.6. The van der Waals surface area contributed by atoms with E-state index in [0.29, 0.717) is 43.5 Å². The largest absolute Gasteiger partial charge is 0.480 e. The molecule has 4 aliphatic heterocycles. The first kappa shape index (κ1) is 46.6. The number of rotatable bonds is 15. The predicted molar refractivity (Wildman–Crippen MR) is 253 cm³/mol. The second-order valence-electron chi connectivity index (χ2n) is 18.7. The van der Waals surface area contributed by atoms with Gasteiger partial charge in [-0.3, -0.25) is 19.2 Å². The van der Waals surface area contributed by atoms with E-state index in [0.717, 1.165) is 120 Å². The Morgan fingerprint density at radius 1 is 0.667 bits per heavy atom. The van der Waals surface area contributed by atoms with Crippen LogP contribution in [0.15, 0.2) is 48.5 Å². The Labute approximate surface area is 387 Å². The van der Waals surface area contributed by atoms with Crippen molar-refractivity contribution in [3.8, 4) is 23.5 Å². The Balaban J connectivity index is 1.15. The molecule has 348 valence electrons. The van der Waals surface area contributed by atoms with Crippen molar-refractivity contribution in [2.24, 2.45) is 5.92 Å². The first-order valence-electron chi connectivity index (χ1n) is 24.3. The maximum absolute atomic E-state index is 14.6. The summed E-state index contributed by atoms with van der Waals surface area (Å²) in [6.45, 7) is 6.93. The van der Waals surface area contributed by atoms with Gasteiger partial charge in [-0.2, -0.15) is 0 Å². The molecule has 14 heteroatoms. The molecule has 5 aliphatic rings. The molecular formula is C52H64N8O6. The van der Waals surface area contributed by atoms with Gasteiger partial charge >= 0.3 is 5.97 Å². The minimum atomic E-state index is -1.12. The molecule has 3 N–H and O–H groups in total. The third-order valence-electron chi connectivity index (χ3n) is 14.2. The summed E-state index contributed by atoms with van der Waals surface area (Å²) in [5.41, 5.74) is 0.799. The quantitative estimate of drug-likeness (QED) is 0.148. The number of carbonyl (C=O) groups is 5. The lowest BCUT2D eigenvalue weighted by molar-refractivity contribution is -0.141. The van der Waals surface area contributed by atoms with E-state index >= 15 is 0 Å². The number of hydrogen-bond donors (Lipinski definition) is 3. The maximum atomic E-state index is 14.6. The van der Waals surface area contributed by atoms with Crippen LogP contribution in [0.4, 0.5) is 0 Å². The minimum Gasteiger partial charge on any atom is -0.480 e. The maximum Gasteiger partial charge on any atom is 0.326 e. The molecule has 5 fully saturated rings. The van der Waals surface area contributed by atoms with Crippen molar-refractivity contribution < 1.29 is 29.1 Å². The van der Waals surface area contributed by atoms with Crippen LogP contribution in [0, 0.1) is 18.3 Å². The highest BCUT2D eigenvalue weighted by molar-refractivity contribution is 6.01. The van der Waals surface area contributed by atoms with Gasteiger partial charge in [0, 0.05) is 44.8 Å². The fourth-order valence-electron chi connectivity index (χ4n) is 10.7. The molecule has 0 bridgehead atoms. The average Bonchev–Trinajstić information content (AvgIpc) is 4.20. The van der Waals surface area contributed by atoms with Crippen LogP contribution >= 0.6 is 0 Å². The Morgan fingerprint density at radius 2 is 1.18 bits per heavy atom. The van der Waals surface area contributed by atoms with Crippen molar-refractivity contribution in [3.05, 3.63) is 81.7 Å². The molecule has 1 aromatic carbocycles. The molecule has 3 atom stereocenters. The number of carbonyl (C=O) groups excluding carboxylic acids is 4. The Morgan fingerprint density at radius 3 is 1.71 bits per heavy atom. The molecule has 0 spiro atoms. The molecule has 14 nitrogen and oxygen atoms in total. The van der Waals surface area contributed by atoms with Crippen LogP contribution in [0.5, 0.6) is 0 Å². The van der Waals surface area contributed by atoms with Gasteiger partial charge in [0.2, 0.25) is 0 Å². The number of hydrogen-bond acceptors (Lipinski definition) is 9. The average molecular weight is 897 g/mol. The fourth-order valence-corrected chi connectivity index (χ4v) is 10.7. The van der Waals surface area contributed by atoms with E-state index in [4.69, 9.17) is 11.4 Å². The van der Waals surface area contributed by atoms with Crippen molar-refractivity contribution >= 4 is 41.8 Å². The van der Waals surface area contributed by atoms with Crippen LogP contribution in [0.2, 0.25) is 0 Å². The molecule has 4 saturated heterocycles. The van der Waals surface area contributed by atoms with E-state index in [9.17, 15) is 29.1 Å². The Hall–Kier alpha value is -5.91. The van der Waals surface area contributed by atoms with E-state index in [1.807, 2.05) is 40.1 Å². The zero-order chi connectivity index (χ0) is 46.0. The zero-order valence-electron chi connectivity index (χ0n) is 38.1. The van der Waals surface area contributed by atoms with Crippen LogP contribution in [0.3, 0.4) is 0 Å². The summed E-state index contributed by atoms with van der Waals surface area (Å²) in [6, 6.07) is 13.0. The van der Waals surface area contributed by atoms with Gasteiger partial charge in [0.05, 0.1) is 0 Å². The standard InChI is InChI=1S/C52H64N8O6/c1-2-15-36-16-6-7-17-37(36)20-12-23-53-48(61)43-30-39(32-45(54-43)50(63)59-28-13-21-41(59)34-57-24-8-9-25-57)40-31-44(49(62)56-47(52(65)66)38-18-4-3-5-19-38)55-46(33-40)51(64)60-29-14-22-42(60)35-58-26-10-11-27-58/h1,6-7,15-17,20,30-33,38,41-42,47H,3-5,8-14,18-19,21-29,34-35H2,(H,53,61)(H,56,62)(H,65,66)/b36-15-,37-20-. The van der Waals surface area contributed by atoms with E-state index in [1.54, 1.807) is 24.3 Å². The number of pyridine rings is 2. The lowest BCUT2D eigenvalue weighted by Gasteiger charge is -2.29. The van der Waals surface area contributed by atoms with E-state index < -0.39 is 23.8 Å². The van der Waals surface area contributed by atoms with Crippen LogP contribution in [-0.2, 0) is 4.79 Å². The van der Waals surface area contributed by atoms with Crippen LogP contribution in [0.1, 0.15) is 132 Å². The summed E-state index contributed by atoms with van der Waals surface area (Å²) >= 11 is 0. The molecule has 3 aromatic rings. The molecule has 66 heavy (non-hydrogen) atoms. The van der Waals surface area contributed by atoms with E-state index in [2.05, 4.69) is 31.3 Å². The van der Waals surface area contributed by atoms with Gasteiger partial charge < -0.3 is 35.3 Å². The van der Waals surface area contributed by atoms with Crippen LogP contribution < -0.4 is 21.1 Å². The van der Waals surface area contributed by atoms with Crippen molar-refractivity contribution in [1.29, 1.82) is 0 Å². The highest BCUT2D eigenvalue weighted by atomic mass is 16.4. The summed E-state index contributed by atoms with van der Waals surface area (Å²) in [7, 11) is 0. The SMILES string of the molecule is C#C/C=c1/cccc/c1=C/CCNC(=O)c1cc(-c2cc(C(=O)NC(C(=O)O)C3CCCCC3)nc(C(=O)N3CCCC3CN3CCCC3)c2)cc(C(=O)N2CCCC2CN2CCCC2)n1. The van der Waals surface area contributed by atoms with Crippen molar-refractivity contribution in [1.82, 2.24) is 40.2 Å². The Bertz CT molecular complexity index is 2430. The minimum absolute atomic E-state index is 0.00391. The topological polar surface area (TPSA) is 168 Å². The number of amides is 4. The van der Waals surface area contributed by atoms with Gasteiger partial charge in [-0.1, -0.05) is 55.5 Å². The highest BCUT2D eigenvalue weighted by Gasteiger charge is 2.36. The number of carboxylic acid groups (broad SMARTS) is 1. The lowest BCUT2D eigenvalue weighted by atomic mass is 9.84. The van der Waals surface area contributed by atoms with Gasteiger partial charge in [-0.15, -0.1) is 6.42 Å². The van der Waals surface area contributed by atoms with E-state index in [-0.39, 0.29) is 59.1 Å². The van der Waals surface area contributed by atoms with Gasteiger partial charge in [0.15, 0.2) is 0 Å². The van der Waals surface area contributed by atoms with Crippen molar-refractivity contribution in [3.63, 3.8) is 0 Å². The number of nitrogens with zero attached hydrogens (tertiary/aromatic N) is 6. The number of likely N-dealkylation sites (tertiary alicyclic amines) is 4. The van der Waals surface area contributed by atoms with Crippen LogP contribution in [0.25, 0.3) is 23.3 Å². The molecule has 2 aromatic heterocycles. The molecule has 3 unspecified atom stereocenters. The van der Waals surface area contributed by atoms with Gasteiger partial charge in [-0.25, -0.2) is 14.8 Å².